The Hall–Kier alpha value is -1.98. The van der Waals surface area contributed by atoms with Crippen molar-refractivity contribution in [2.45, 2.75) is 18.9 Å². The molecule has 0 saturated carbocycles. The highest BCUT2D eigenvalue weighted by Crippen LogP contribution is 2.28. The molecule has 5 heteroatoms. The van der Waals surface area contributed by atoms with Crippen LogP contribution in [0, 0.1) is 13.8 Å². The lowest BCUT2D eigenvalue weighted by Crippen LogP contribution is -1.89. The third-order valence-electron chi connectivity index (χ3n) is 3.21. The van der Waals surface area contributed by atoms with Crippen LogP contribution in [0.15, 0.2) is 53.6 Å². The van der Waals surface area contributed by atoms with Crippen molar-refractivity contribution in [1.29, 1.82) is 0 Å². The van der Waals surface area contributed by atoms with E-state index in [2.05, 4.69) is 39.5 Å². The Balaban J connectivity index is 1.60. The minimum Gasteiger partial charge on any atom is -0.246 e. The Kier molecular flexibility index (Phi) is 5.20. The van der Waals surface area contributed by atoms with Gasteiger partial charge in [0.05, 0.1) is 15.6 Å². The summed E-state index contributed by atoms with van der Waals surface area (Å²) in [4.78, 5) is 5.54. The summed E-state index contributed by atoms with van der Waals surface area (Å²) in [6, 6.07) is 14.3. The molecule has 2 aromatic heterocycles. The highest BCUT2D eigenvalue weighted by Gasteiger charge is 2.09. The molecule has 0 unspecified atom stereocenters. The number of aryl methyl sites for hydroxylation is 2. The van der Waals surface area contributed by atoms with Gasteiger partial charge in [-0.1, -0.05) is 42.5 Å². The second kappa shape index (κ2) is 7.53. The molecule has 0 amide bonds. The first-order chi connectivity index (χ1) is 11.2. The number of aromatic nitrogens is 3. The van der Waals surface area contributed by atoms with E-state index in [9.17, 15) is 0 Å². The largest absolute Gasteiger partial charge is 0.246 e. The van der Waals surface area contributed by atoms with Gasteiger partial charge in [-0.05, 0) is 31.5 Å². The fourth-order valence-electron chi connectivity index (χ4n) is 2.17. The van der Waals surface area contributed by atoms with Crippen LogP contribution < -0.4 is 0 Å². The monoisotopic (exact) mass is 339 g/mol. The zero-order valence-electron chi connectivity index (χ0n) is 13.1. The molecule has 0 aliphatic carbocycles. The number of hydrogen-bond acceptors (Lipinski definition) is 5. The lowest BCUT2D eigenvalue weighted by Gasteiger charge is -1.99. The molecule has 0 N–H and O–H groups in total. The van der Waals surface area contributed by atoms with Gasteiger partial charge in [0.25, 0.3) is 0 Å². The lowest BCUT2D eigenvalue weighted by molar-refractivity contribution is 0.937. The Morgan fingerprint density at radius 3 is 2.52 bits per heavy atom. The molecule has 0 saturated heterocycles. The van der Waals surface area contributed by atoms with E-state index in [1.807, 2.05) is 44.2 Å². The summed E-state index contributed by atoms with van der Waals surface area (Å²) in [6.07, 6.45) is 4.27. The quantitative estimate of drug-likeness (QED) is 0.612. The summed E-state index contributed by atoms with van der Waals surface area (Å²) < 4.78 is 0. The molecule has 23 heavy (non-hydrogen) atoms. The van der Waals surface area contributed by atoms with Crippen LogP contribution in [0.25, 0.3) is 16.6 Å². The van der Waals surface area contributed by atoms with Crippen molar-refractivity contribution in [2.75, 3.05) is 5.75 Å². The SMILES string of the molecule is Cc1nc(C)c(-c2ccc(SC/C=C/c3ccccc3)nn2)s1. The van der Waals surface area contributed by atoms with Crippen molar-refractivity contribution < 1.29 is 0 Å². The Bertz CT molecular complexity index is 793. The number of nitrogens with zero attached hydrogens (tertiary/aromatic N) is 3. The van der Waals surface area contributed by atoms with E-state index in [0.717, 1.165) is 32.1 Å². The van der Waals surface area contributed by atoms with Gasteiger partial charge in [0.2, 0.25) is 0 Å². The van der Waals surface area contributed by atoms with Crippen LogP contribution in [0.4, 0.5) is 0 Å². The van der Waals surface area contributed by atoms with Gasteiger partial charge in [-0.3, -0.25) is 0 Å². The molecule has 2 heterocycles. The highest BCUT2D eigenvalue weighted by molar-refractivity contribution is 7.99. The topological polar surface area (TPSA) is 38.7 Å². The number of thioether (sulfide) groups is 1. The normalized spacial score (nSPS) is 11.2. The molecule has 0 bridgehead atoms. The molecule has 0 aliphatic heterocycles. The Morgan fingerprint density at radius 1 is 1.04 bits per heavy atom. The van der Waals surface area contributed by atoms with Crippen molar-refractivity contribution >= 4 is 29.2 Å². The minimum atomic E-state index is 0.877. The van der Waals surface area contributed by atoms with Crippen molar-refractivity contribution in [2.24, 2.45) is 0 Å². The van der Waals surface area contributed by atoms with E-state index >= 15 is 0 Å². The second-order valence-corrected chi connectivity index (χ2v) is 7.27. The molecule has 3 nitrogen and oxygen atoms in total. The first kappa shape index (κ1) is 15.9. The van der Waals surface area contributed by atoms with Crippen molar-refractivity contribution in [1.82, 2.24) is 15.2 Å². The van der Waals surface area contributed by atoms with Crippen molar-refractivity contribution in [3.63, 3.8) is 0 Å². The van der Waals surface area contributed by atoms with E-state index in [4.69, 9.17) is 0 Å². The fourth-order valence-corrected chi connectivity index (χ4v) is 3.68. The zero-order valence-corrected chi connectivity index (χ0v) is 14.7. The molecule has 3 aromatic rings. The number of thiazole rings is 1. The van der Waals surface area contributed by atoms with Gasteiger partial charge < -0.3 is 0 Å². The summed E-state index contributed by atoms with van der Waals surface area (Å²) in [6.45, 7) is 4.02. The summed E-state index contributed by atoms with van der Waals surface area (Å²) in [5.41, 5.74) is 3.14. The summed E-state index contributed by atoms with van der Waals surface area (Å²) in [7, 11) is 0. The van der Waals surface area contributed by atoms with Crippen LogP contribution in [0.3, 0.4) is 0 Å². The fraction of sp³-hybridized carbons (Fsp3) is 0.167. The van der Waals surface area contributed by atoms with Gasteiger partial charge in [0, 0.05) is 5.75 Å². The van der Waals surface area contributed by atoms with Gasteiger partial charge in [0.1, 0.15) is 10.7 Å². The molecular formula is C18H17N3S2. The lowest BCUT2D eigenvalue weighted by atomic mass is 10.2. The van der Waals surface area contributed by atoms with Gasteiger partial charge in [0.15, 0.2) is 0 Å². The molecule has 116 valence electrons. The van der Waals surface area contributed by atoms with Crippen LogP contribution in [-0.2, 0) is 0 Å². The predicted molar refractivity (Wildman–Crippen MR) is 98.8 cm³/mol. The maximum absolute atomic E-state index is 4.44. The molecule has 0 spiro atoms. The first-order valence-corrected chi connectivity index (χ1v) is 9.15. The van der Waals surface area contributed by atoms with E-state index in [1.54, 1.807) is 23.1 Å². The van der Waals surface area contributed by atoms with E-state index in [0.29, 0.717) is 0 Å². The zero-order chi connectivity index (χ0) is 16.1. The van der Waals surface area contributed by atoms with E-state index < -0.39 is 0 Å². The average Bonchev–Trinajstić information content (AvgIpc) is 2.92. The minimum absolute atomic E-state index is 0.877. The standard InChI is InChI=1S/C18H17N3S2/c1-13-18(23-14(2)19-13)16-10-11-17(21-20-16)22-12-6-9-15-7-4-3-5-8-15/h3-11H,12H2,1-2H3/b9-6+. The summed E-state index contributed by atoms with van der Waals surface area (Å²) >= 11 is 3.34. The molecule has 3 rings (SSSR count). The van der Waals surface area contributed by atoms with Gasteiger partial charge in [-0.2, -0.15) is 0 Å². The number of hydrogen-bond donors (Lipinski definition) is 0. The predicted octanol–water partition coefficient (Wildman–Crippen LogP) is 5.02. The third kappa shape index (κ3) is 4.27. The molecule has 0 fully saturated rings. The molecule has 0 radical (unpaired) electrons. The van der Waals surface area contributed by atoms with Crippen LogP contribution in [0.5, 0.6) is 0 Å². The van der Waals surface area contributed by atoms with Crippen LogP contribution >= 0.6 is 23.1 Å². The third-order valence-corrected chi connectivity index (χ3v) is 5.18. The van der Waals surface area contributed by atoms with E-state index in [1.165, 1.54) is 5.56 Å². The second-order valence-electron chi connectivity index (χ2n) is 5.03. The van der Waals surface area contributed by atoms with Gasteiger partial charge in [-0.25, -0.2) is 4.98 Å². The summed E-state index contributed by atoms with van der Waals surface area (Å²) in [5, 5.41) is 10.6. The van der Waals surface area contributed by atoms with Crippen LogP contribution in [-0.4, -0.2) is 20.9 Å². The van der Waals surface area contributed by atoms with Crippen LogP contribution in [0.1, 0.15) is 16.3 Å². The van der Waals surface area contributed by atoms with Gasteiger partial charge in [-0.15, -0.1) is 33.3 Å². The maximum atomic E-state index is 4.44. The molecule has 1 aromatic carbocycles. The number of rotatable bonds is 5. The average molecular weight is 339 g/mol. The van der Waals surface area contributed by atoms with Gasteiger partial charge >= 0.3 is 0 Å². The molecular weight excluding hydrogens is 322 g/mol. The Labute approximate surface area is 144 Å². The van der Waals surface area contributed by atoms with Crippen molar-refractivity contribution in [3.05, 3.63) is 64.8 Å². The van der Waals surface area contributed by atoms with E-state index in [-0.39, 0.29) is 0 Å². The maximum Gasteiger partial charge on any atom is 0.119 e. The smallest absolute Gasteiger partial charge is 0.119 e. The molecule has 0 aliphatic rings. The first-order valence-electron chi connectivity index (χ1n) is 7.35. The van der Waals surface area contributed by atoms with Crippen LogP contribution in [0.2, 0.25) is 0 Å². The summed E-state index contributed by atoms with van der Waals surface area (Å²) in [5.74, 6) is 0.877. The number of benzene rings is 1. The highest BCUT2D eigenvalue weighted by atomic mass is 32.2. The van der Waals surface area contributed by atoms with Crippen molar-refractivity contribution in [3.8, 4) is 10.6 Å². The Morgan fingerprint density at radius 2 is 1.87 bits per heavy atom. The molecule has 0 atom stereocenters.